The maximum atomic E-state index is 8.80. The Morgan fingerprint density at radius 3 is 2.47 bits per heavy atom. The zero-order chi connectivity index (χ0) is 13.8. The van der Waals surface area contributed by atoms with E-state index in [1.165, 1.54) is 0 Å². The average molecular weight is 253 g/mol. The van der Waals surface area contributed by atoms with Crippen LogP contribution in [0.3, 0.4) is 0 Å². The van der Waals surface area contributed by atoms with Crippen molar-refractivity contribution in [1.82, 2.24) is 9.97 Å². The van der Waals surface area contributed by atoms with Crippen molar-refractivity contribution in [2.45, 2.75) is 6.92 Å². The predicted octanol–water partition coefficient (Wildman–Crippen LogP) is 2.47. The first-order chi connectivity index (χ1) is 9.13. The highest BCUT2D eigenvalue weighted by atomic mass is 15.2. The van der Waals surface area contributed by atoms with Crippen LogP contribution in [-0.4, -0.2) is 24.1 Å². The number of anilines is 3. The first kappa shape index (κ1) is 12.8. The van der Waals surface area contributed by atoms with Gasteiger partial charge in [0.05, 0.1) is 11.6 Å². The van der Waals surface area contributed by atoms with E-state index in [1.54, 1.807) is 12.1 Å². The third kappa shape index (κ3) is 2.80. The zero-order valence-electron chi connectivity index (χ0n) is 11.2. The second kappa shape index (κ2) is 5.36. The minimum atomic E-state index is 0.645. The lowest BCUT2D eigenvalue weighted by atomic mass is 10.2. The lowest BCUT2D eigenvalue weighted by Gasteiger charge is -2.19. The van der Waals surface area contributed by atoms with Gasteiger partial charge in [-0.15, -0.1) is 0 Å². The molecule has 96 valence electrons. The van der Waals surface area contributed by atoms with Gasteiger partial charge in [0.1, 0.15) is 17.5 Å². The van der Waals surface area contributed by atoms with Gasteiger partial charge < -0.3 is 10.2 Å². The number of hydrogen-bond donors (Lipinski definition) is 1. The zero-order valence-corrected chi connectivity index (χ0v) is 11.2. The van der Waals surface area contributed by atoms with Crippen molar-refractivity contribution < 1.29 is 0 Å². The van der Waals surface area contributed by atoms with Crippen LogP contribution in [0.5, 0.6) is 0 Å². The van der Waals surface area contributed by atoms with Gasteiger partial charge >= 0.3 is 0 Å². The topological polar surface area (TPSA) is 64.8 Å². The van der Waals surface area contributed by atoms with Crippen LogP contribution in [0.2, 0.25) is 0 Å². The van der Waals surface area contributed by atoms with Gasteiger partial charge in [-0.05, 0) is 31.2 Å². The van der Waals surface area contributed by atoms with Gasteiger partial charge in [0, 0.05) is 25.8 Å². The molecule has 5 nitrogen and oxygen atoms in total. The van der Waals surface area contributed by atoms with Crippen molar-refractivity contribution in [1.29, 1.82) is 5.26 Å². The van der Waals surface area contributed by atoms with E-state index in [-0.39, 0.29) is 0 Å². The molecule has 0 aliphatic rings. The number of nitrogens with one attached hydrogen (secondary N) is 1. The largest absolute Gasteiger partial charge is 0.373 e. The number of aromatic nitrogens is 2. The quantitative estimate of drug-likeness (QED) is 0.910. The van der Waals surface area contributed by atoms with Crippen LogP contribution in [-0.2, 0) is 0 Å². The van der Waals surface area contributed by atoms with E-state index < -0.39 is 0 Å². The average Bonchev–Trinajstić information content (AvgIpc) is 2.46. The number of benzene rings is 1. The minimum Gasteiger partial charge on any atom is -0.373 e. The van der Waals surface area contributed by atoms with Crippen molar-refractivity contribution in [2.24, 2.45) is 0 Å². The monoisotopic (exact) mass is 253 g/mol. The van der Waals surface area contributed by atoms with Gasteiger partial charge in [0.2, 0.25) is 0 Å². The van der Waals surface area contributed by atoms with E-state index in [1.807, 2.05) is 44.1 Å². The molecule has 2 rings (SSSR count). The van der Waals surface area contributed by atoms with Crippen molar-refractivity contribution >= 4 is 17.3 Å². The summed E-state index contributed by atoms with van der Waals surface area (Å²) in [6.45, 7) is 1.86. The summed E-state index contributed by atoms with van der Waals surface area (Å²) in [5, 5.41) is 11.8. The molecule has 0 aliphatic carbocycles. The molecule has 5 heteroatoms. The summed E-state index contributed by atoms with van der Waals surface area (Å²) in [4.78, 5) is 10.6. The molecule has 0 unspecified atom stereocenters. The number of nitrogens with zero attached hydrogens (tertiary/aromatic N) is 4. The van der Waals surface area contributed by atoms with Crippen LogP contribution >= 0.6 is 0 Å². The van der Waals surface area contributed by atoms with Crippen LogP contribution in [0, 0.1) is 18.3 Å². The summed E-state index contributed by atoms with van der Waals surface area (Å²) in [5.74, 6) is 2.30. The summed E-state index contributed by atoms with van der Waals surface area (Å²) in [5.41, 5.74) is 1.62. The smallest absolute Gasteiger partial charge is 0.138 e. The van der Waals surface area contributed by atoms with Crippen LogP contribution in [0.15, 0.2) is 30.3 Å². The van der Waals surface area contributed by atoms with E-state index >= 15 is 0 Å². The molecule has 1 aromatic heterocycles. The second-order valence-electron chi connectivity index (χ2n) is 4.13. The maximum absolute atomic E-state index is 8.80. The van der Waals surface area contributed by atoms with E-state index in [0.29, 0.717) is 11.4 Å². The molecule has 0 radical (unpaired) electrons. The molecule has 1 heterocycles. The number of rotatable bonds is 3. The Morgan fingerprint density at radius 1 is 1.21 bits per heavy atom. The minimum absolute atomic E-state index is 0.645. The number of nitriles is 1. The molecule has 19 heavy (non-hydrogen) atoms. The van der Waals surface area contributed by atoms with Gasteiger partial charge in [0.15, 0.2) is 0 Å². The Balaban J connectivity index is 2.35. The molecule has 0 spiro atoms. The Hall–Kier alpha value is -2.61. The van der Waals surface area contributed by atoms with E-state index in [2.05, 4.69) is 21.4 Å². The maximum Gasteiger partial charge on any atom is 0.138 e. The lowest BCUT2D eigenvalue weighted by Crippen LogP contribution is -2.13. The van der Waals surface area contributed by atoms with Gasteiger partial charge in [-0.25, -0.2) is 9.97 Å². The molecule has 0 amide bonds. The summed E-state index contributed by atoms with van der Waals surface area (Å²) in [6.07, 6.45) is 0. The molecule has 0 fully saturated rings. The molecule has 0 saturated heterocycles. The molecule has 0 aliphatic heterocycles. The molecule has 1 N–H and O–H groups in total. The first-order valence-corrected chi connectivity index (χ1v) is 5.91. The summed E-state index contributed by atoms with van der Waals surface area (Å²) in [7, 11) is 3.76. The predicted molar refractivity (Wildman–Crippen MR) is 75.5 cm³/mol. The lowest BCUT2D eigenvalue weighted by molar-refractivity contribution is 1.01. The highest BCUT2D eigenvalue weighted by molar-refractivity contribution is 5.62. The fourth-order valence-corrected chi connectivity index (χ4v) is 1.74. The Morgan fingerprint density at radius 2 is 1.89 bits per heavy atom. The molecule has 1 aromatic carbocycles. The molecular formula is C14H15N5. The van der Waals surface area contributed by atoms with E-state index in [4.69, 9.17) is 5.26 Å². The van der Waals surface area contributed by atoms with Crippen molar-refractivity contribution in [3.05, 3.63) is 41.7 Å². The van der Waals surface area contributed by atoms with E-state index in [0.717, 1.165) is 17.3 Å². The second-order valence-corrected chi connectivity index (χ2v) is 4.13. The highest BCUT2D eigenvalue weighted by Gasteiger charge is 2.08. The molecule has 0 atom stereocenters. The van der Waals surface area contributed by atoms with E-state index in [9.17, 15) is 0 Å². The normalized spacial score (nSPS) is 9.79. The summed E-state index contributed by atoms with van der Waals surface area (Å²) < 4.78 is 0. The third-order valence-corrected chi connectivity index (χ3v) is 2.81. The van der Waals surface area contributed by atoms with Crippen LogP contribution in [0.25, 0.3) is 0 Å². The fourth-order valence-electron chi connectivity index (χ4n) is 1.74. The van der Waals surface area contributed by atoms with Crippen molar-refractivity contribution in [3.63, 3.8) is 0 Å². The SMILES string of the molecule is CNc1cc(N(C)c2ccc(C#N)cc2)nc(C)n1. The van der Waals surface area contributed by atoms with Gasteiger partial charge in [-0.3, -0.25) is 0 Å². The van der Waals surface area contributed by atoms with Crippen LogP contribution < -0.4 is 10.2 Å². The molecule has 2 aromatic rings. The van der Waals surface area contributed by atoms with Gasteiger partial charge in [-0.1, -0.05) is 0 Å². The van der Waals surface area contributed by atoms with Crippen LogP contribution in [0.4, 0.5) is 17.3 Å². The highest BCUT2D eigenvalue weighted by Crippen LogP contribution is 2.23. The Bertz CT molecular complexity index is 613. The number of hydrogen-bond acceptors (Lipinski definition) is 5. The molecule has 0 bridgehead atoms. The molecular weight excluding hydrogens is 238 g/mol. The summed E-state index contributed by atoms with van der Waals surface area (Å²) in [6, 6.07) is 11.4. The van der Waals surface area contributed by atoms with Crippen molar-refractivity contribution in [2.75, 3.05) is 24.3 Å². The van der Waals surface area contributed by atoms with Gasteiger partial charge in [-0.2, -0.15) is 5.26 Å². The standard InChI is InChI=1S/C14H15N5/c1-10-17-13(16-2)8-14(18-10)19(3)12-6-4-11(9-15)5-7-12/h4-8H,1-3H3,(H,16,17,18). The fraction of sp³-hybridized carbons (Fsp3) is 0.214. The van der Waals surface area contributed by atoms with Gasteiger partial charge in [0.25, 0.3) is 0 Å². The third-order valence-electron chi connectivity index (χ3n) is 2.81. The first-order valence-electron chi connectivity index (χ1n) is 5.91. The summed E-state index contributed by atoms with van der Waals surface area (Å²) >= 11 is 0. The van der Waals surface area contributed by atoms with Crippen molar-refractivity contribution in [3.8, 4) is 6.07 Å². The van der Waals surface area contributed by atoms with Crippen LogP contribution in [0.1, 0.15) is 11.4 Å². The Kier molecular flexibility index (Phi) is 3.62. The number of aryl methyl sites for hydroxylation is 1. The Labute approximate surface area is 112 Å². The molecule has 0 saturated carbocycles.